The Bertz CT molecular complexity index is 629. The zero-order valence-electron chi connectivity index (χ0n) is 12.2. The van der Waals surface area contributed by atoms with Crippen molar-refractivity contribution in [2.75, 3.05) is 24.3 Å². The number of nitrogens with two attached hydrogens (primary N) is 1. The van der Waals surface area contributed by atoms with Crippen LogP contribution >= 0.6 is 0 Å². The lowest BCUT2D eigenvalue weighted by atomic mass is 10.1. The predicted octanol–water partition coefficient (Wildman–Crippen LogP) is 1.09. The fourth-order valence-corrected chi connectivity index (χ4v) is 2.54. The first kappa shape index (κ1) is 15.4. The standard InChI is InChI=1S/C13H19N5O2S/c1-3-20-12-10(6-4-7-11(12)14)13-15-16-17-18(13)8-5-9-21(2)19/h4,6-7H,3,5,8-9,14H2,1-2H3. The van der Waals surface area contributed by atoms with Crippen LogP contribution < -0.4 is 10.5 Å². The lowest BCUT2D eigenvalue weighted by Gasteiger charge is -2.12. The second-order valence-corrected chi connectivity index (χ2v) is 6.07. The van der Waals surface area contributed by atoms with Gasteiger partial charge in [0.05, 0.1) is 17.9 Å². The number of nitrogen functional groups attached to an aromatic ring is 1. The van der Waals surface area contributed by atoms with Crippen LogP contribution in [0, 0.1) is 0 Å². The van der Waals surface area contributed by atoms with E-state index >= 15 is 0 Å². The minimum atomic E-state index is -0.816. The number of rotatable bonds is 7. The topological polar surface area (TPSA) is 95.9 Å². The molecule has 0 aliphatic heterocycles. The molecule has 1 unspecified atom stereocenters. The summed E-state index contributed by atoms with van der Waals surface area (Å²) >= 11 is 0. The van der Waals surface area contributed by atoms with Crippen LogP contribution in [0.15, 0.2) is 18.2 Å². The van der Waals surface area contributed by atoms with Crippen molar-refractivity contribution < 1.29 is 8.95 Å². The molecule has 21 heavy (non-hydrogen) atoms. The Morgan fingerprint density at radius 1 is 1.43 bits per heavy atom. The number of anilines is 1. The summed E-state index contributed by atoms with van der Waals surface area (Å²) < 4.78 is 18.4. The largest absolute Gasteiger partial charge is 0.491 e. The van der Waals surface area contributed by atoms with Crippen LogP contribution in [0.2, 0.25) is 0 Å². The fourth-order valence-electron chi connectivity index (χ4n) is 2.00. The van der Waals surface area contributed by atoms with Gasteiger partial charge in [0.2, 0.25) is 0 Å². The van der Waals surface area contributed by atoms with Crippen molar-refractivity contribution in [2.24, 2.45) is 0 Å². The van der Waals surface area contributed by atoms with Gasteiger partial charge in [-0.05, 0) is 35.9 Å². The Labute approximate surface area is 125 Å². The molecule has 2 N–H and O–H groups in total. The van der Waals surface area contributed by atoms with Crippen LogP contribution in [0.25, 0.3) is 11.4 Å². The monoisotopic (exact) mass is 309 g/mol. The smallest absolute Gasteiger partial charge is 0.185 e. The van der Waals surface area contributed by atoms with Crippen LogP contribution in [0.1, 0.15) is 13.3 Å². The third-order valence-corrected chi connectivity index (χ3v) is 3.77. The highest BCUT2D eigenvalue weighted by molar-refractivity contribution is 7.84. The van der Waals surface area contributed by atoms with Gasteiger partial charge in [-0.2, -0.15) is 0 Å². The molecule has 0 aliphatic rings. The maximum atomic E-state index is 11.1. The number of aromatic nitrogens is 4. The van der Waals surface area contributed by atoms with E-state index in [1.54, 1.807) is 17.0 Å². The predicted molar refractivity (Wildman–Crippen MR) is 82.4 cm³/mol. The minimum absolute atomic E-state index is 0.512. The van der Waals surface area contributed by atoms with Crippen LogP contribution in [-0.2, 0) is 17.3 Å². The lowest BCUT2D eigenvalue weighted by molar-refractivity contribution is 0.343. The molecule has 0 radical (unpaired) electrons. The Kier molecular flexibility index (Phi) is 5.26. The molecule has 1 heterocycles. The average molecular weight is 309 g/mol. The molecule has 0 bridgehead atoms. The highest BCUT2D eigenvalue weighted by Crippen LogP contribution is 2.33. The van der Waals surface area contributed by atoms with Gasteiger partial charge < -0.3 is 10.5 Å². The normalized spacial score (nSPS) is 12.3. The van der Waals surface area contributed by atoms with Crippen LogP contribution in [0.5, 0.6) is 5.75 Å². The minimum Gasteiger partial charge on any atom is -0.491 e. The molecule has 1 atom stereocenters. The fraction of sp³-hybridized carbons (Fsp3) is 0.462. The van der Waals surface area contributed by atoms with E-state index in [0.29, 0.717) is 36.2 Å². The SMILES string of the molecule is CCOc1c(N)cccc1-c1nnnn1CCCS(C)=O. The van der Waals surface area contributed by atoms with Gasteiger partial charge in [0.1, 0.15) is 0 Å². The number of benzene rings is 1. The summed E-state index contributed by atoms with van der Waals surface area (Å²) in [5, 5.41) is 11.8. The summed E-state index contributed by atoms with van der Waals surface area (Å²) in [6, 6.07) is 5.50. The molecule has 2 rings (SSSR count). The number of hydrogen-bond donors (Lipinski definition) is 1. The highest BCUT2D eigenvalue weighted by atomic mass is 32.2. The molecule has 7 nitrogen and oxygen atoms in total. The molecule has 8 heteroatoms. The quantitative estimate of drug-likeness (QED) is 0.769. The van der Waals surface area contributed by atoms with Gasteiger partial charge in [-0.3, -0.25) is 4.21 Å². The van der Waals surface area contributed by atoms with Gasteiger partial charge in [0.15, 0.2) is 11.6 Å². The van der Waals surface area contributed by atoms with E-state index in [-0.39, 0.29) is 0 Å². The number of nitrogens with zero attached hydrogens (tertiary/aromatic N) is 4. The Hall–Kier alpha value is -1.96. The summed E-state index contributed by atoms with van der Waals surface area (Å²) in [6.07, 6.45) is 2.43. The van der Waals surface area contributed by atoms with Crippen molar-refractivity contribution in [3.8, 4) is 17.1 Å². The van der Waals surface area contributed by atoms with Gasteiger partial charge >= 0.3 is 0 Å². The van der Waals surface area contributed by atoms with E-state index < -0.39 is 10.8 Å². The van der Waals surface area contributed by atoms with Gasteiger partial charge in [0, 0.05) is 29.4 Å². The molecule has 0 spiro atoms. The van der Waals surface area contributed by atoms with Gasteiger partial charge in [-0.15, -0.1) is 5.10 Å². The van der Waals surface area contributed by atoms with E-state index in [0.717, 1.165) is 12.0 Å². The van der Waals surface area contributed by atoms with Crippen molar-refractivity contribution in [3.05, 3.63) is 18.2 Å². The molecule has 114 valence electrons. The summed E-state index contributed by atoms with van der Waals surface area (Å²) in [7, 11) is -0.816. The van der Waals surface area contributed by atoms with Crippen molar-refractivity contribution in [1.29, 1.82) is 0 Å². The summed E-state index contributed by atoms with van der Waals surface area (Å²) in [6.45, 7) is 3.01. The first-order valence-corrected chi connectivity index (χ1v) is 8.44. The van der Waals surface area contributed by atoms with Gasteiger partial charge in [-0.25, -0.2) is 4.68 Å². The molecular formula is C13H19N5O2S. The van der Waals surface area contributed by atoms with E-state index in [9.17, 15) is 4.21 Å². The van der Waals surface area contributed by atoms with Crippen molar-refractivity contribution in [1.82, 2.24) is 20.2 Å². The first-order chi connectivity index (χ1) is 10.1. The number of tetrazole rings is 1. The van der Waals surface area contributed by atoms with E-state index in [2.05, 4.69) is 15.5 Å². The lowest BCUT2D eigenvalue weighted by Crippen LogP contribution is -2.08. The highest BCUT2D eigenvalue weighted by Gasteiger charge is 2.16. The number of hydrogen-bond acceptors (Lipinski definition) is 6. The Morgan fingerprint density at radius 2 is 2.24 bits per heavy atom. The first-order valence-electron chi connectivity index (χ1n) is 6.71. The third-order valence-electron chi connectivity index (χ3n) is 2.91. The zero-order chi connectivity index (χ0) is 15.2. The molecule has 0 saturated carbocycles. The number of para-hydroxylation sites is 1. The number of aryl methyl sites for hydroxylation is 1. The van der Waals surface area contributed by atoms with Crippen molar-refractivity contribution in [3.63, 3.8) is 0 Å². The molecule has 2 aromatic rings. The molecule has 0 amide bonds. The second kappa shape index (κ2) is 7.16. The molecule has 0 saturated heterocycles. The van der Waals surface area contributed by atoms with E-state index in [1.807, 2.05) is 19.1 Å². The molecule has 0 aliphatic carbocycles. The summed E-state index contributed by atoms with van der Waals surface area (Å²) in [5.41, 5.74) is 7.28. The summed E-state index contributed by atoms with van der Waals surface area (Å²) in [5.74, 6) is 1.82. The Morgan fingerprint density at radius 3 is 2.95 bits per heavy atom. The van der Waals surface area contributed by atoms with Crippen LogP contribution in [0.4, 0.5) is 5.69 Å². The van der Waals surface area contributed by atoms with Crippen molar-refractivity contribution in [2.45, 2.75) is 19.9 Å². The van der Waals surface area contributed by atoms with E-state index in [4.69, 9.17) is 10.5 Å². The summed E-state index contributed by atoms with van der Waals surface area (Å²) in [4.78, 5) is 0. The second-order valence-electron chi connectivity index (χ2n) is 4.51. The van der Waals surface area contributed by atoms with Crippen molar-refractivity contribution >= 4 is 16.5 Å². The maximum absolute atomic E-state index is 11.1. The zero-order valence-corrected chi connectivity index (χ0v) is 13.0. The number of ether oxygens (including phenoxy) is 1. The molecular weight excluding hydrogens is 290 g/mol. The molecule has 1 aromatic carbocycles. The van der Waals surface area contributed by atoms with Gasteiger partial charge in [-0.1, -0.05) is 6.07 Å². The average Bonchev–Trinajstić information content (AvgIpc) is 2.89. The molecule has 1 aromatic heterocycles. The van der Waals surface area contributed by atoms with Gasteiger partial charge in [0.25, 0.3) is 0 Å². The van der Waals surface area contributed by atoms with Crippen LogP contribution in [-0.4, -0.2) is 43.0 Å². The Balaban J connectivity index is 2.28. The van der Waals surface area contributed by atoms with Crippen LogP contribution in [0.3, 0.4) is 0 Å². The van der Waals surface area contributed by atoms with E-state index in [1.165, 1.54) is 0 Å². The molecule has 0 fully saturated rings. The third kappa shape index (κ3) is 3.78. The maximum Gasteiger partial charge on any atom is 0.185 e.